The summed E-state index contributed by atoms with van der Waals surface area (Å²) in [7, 11) is 0. The lowest BCUT2D eigenvalue weighted by Gasteiger charge is -2.07. The summed E-state index contributed by atoms with van der Waals surface area (Å²) in [4.78, 5) is 20.3. The van der Waals surface area contributed by atoms with E-state index in [1.165, 1.54) is 5.56 Å². The number of rotatable bonds is 6. The topological polar surface area (TPSA) is 71.4 Å². The van der Waals surface area contributed by atoms with Crippen molar-refractivity contribution >= 4 is 28.1 Å². The molecule has 2 N–H and O–H groups in total. The first-order chi connectivity index (χ1) is 15.1. The van der Waals surface area contributed by atoms with Gasteiger partial charge in [0.1, 0.15) is 18.0 Å². The van der Waals surface area contributed by atoms with E-state index in [1.54, 1.807) is 0 Å². The lowest BCUT2D eigenvalue weighted by Crippen LogP contribution is -2.14. The van der Waals surface area contributed by atoms with Gasteiger partial charge < -0.3 is 19.4 Å². The second-order valence-electron chi connectivity index (χ2n) is 7.60. The van der Waals surface area contributed by atoms with E-state index in [0.29, 0.717) is 13.0 Å². The van der Waals surface area contributed by atoms with Crippen LogP contribution in [0.5, 0.6) is 5.75 Å². The van der Waals surface area contributed by atoms with Gasteiger partial charge in [-0.3, -0.25) is 4.79 Å². The zero-order valence-electron chi connectivity index (χ0n) is 17.1. The van der Waals surface area contributed by atoms with Gasteiger partial charge in [-0.1, -0.05) is 18.2 Å². The molecule has 0 aliphatic rings. The molecule has 31 heavy (non-hydrogen) atoms. The molecule has 1 amide bonds. The monoisotopic (exact) mass is 410 g/mol. The van der Waals surface area contributed by atoms with Crippen LogP contribution in [0.3, 0.4) is 0 Å². The number of H-pyrrole nitrogens is 1. The number of carbonyl (C=O) groups is 1. The van der Waals surface area contributed by atoms with Crippen molar-refractivity contribution in [1.29, 1.82) is 0 Å². The van der Waals surface area contributed by atoms with Crippen molar-refractivity contribution in [3.63, 3.8) is 0 Å². The summed E-state index contributed by atoms with van der Waals surface area (Å²) in [5, 5.41) is 4.03. The van der Waals surface area contributed by atoms with Crippen LogP contribution >= 0.6 is 0 Å². The number of hydrogen-bond acceptors (Lipinski definition) is 3. The molecular formula is C25H22N4O2. The van der Waals surface area contributed by atoms with Crippen LogP contribution in [0, 0.1) is 6.92 Å². The highest BCUT2D eigenvalue weighted by molar-refractivity contribution is 5.95. The van der Waals surface area contributed by atoms with E-state index in [4.69, 9.17) is 4.74 Å². The van der Waals surface area contributed by atoms with E-state index in [9.17, 15) is 4.79 Å². The summed E-state index contributed by atoms with van der Waals surface area (Å²) >= 11 is 0. The van der Waals surface area contributed by atoms with E-state index in [0.717, 1.165) is 39.2 Å². The third kappa shape index (κ3) is 4.14. The van der Waals surface area contributed by atoms with Gasteiger partial charge in [-0.25, -0.2) is 4.98 Å². The SMILES string of the molecule is Cc1ccc2c(CC(=O)Nc3ccc(OCc4cn5ccccc5n4)cc3)c[nH]c2c1. The first-order valence-electron chi connectivity index (χ1n) is 10.2. The summed E-state index contributed by atoms with van der Waals surface area (Å²) in [6, 6.07) is 19.5. The number of ether oxygens (including phenoxy) is 1. The number of imidazole rings is 1. The van der Waals surface area contributed by atoms with Gasteiger partial charge in [-0.2, -0.15) is 0 Å². The second kappa shape index (κ2) is 7.99. The Morgan fingerprint density at radius 1 is 1.13 bits per heavy atom. The number of anilines is 1. The molecule has 0 aliphatic heterocycles. The van der Waals surface area contributed by atoms with Gasteiger partial charge in [0.15, 0.2) is 0 Å². The fourth-order valence-corrected chi connectivity index (χ4v) is 3.67. The predicted molar refractivity (Wildman–Crippen MR) is 121 cm³/mol. The van der Waals surface area contributed by atoms with Crippen molar-refractivity contribution in [3.05, 3.63) is 96.1 Å². The molecule has 0 atom stereocenters. The Kier molecular flexibility index (Phi) is 4.88. The maximum absolute atomic E-state index is 12.5. The van der Waals surface area contributed by atoms with Gasteiger partial charge in [-0.05, 0) is 60.5 Å². The van der Waals surface area contributed by atoms with E-state index in [-0.39, 0.29) is 5.91 Å². The molecule has 0 spiro atoms. The molecule has 0 bridgehead atoms. The summed E-state index contributed by atoms with van der Waals surface area (Å²) in [5.74, 6) is 0.668. The van der Waals surface area contributed by atoms with Crippen molar-refractivity contribution in [2.45, 2.75) is 20.0 Å². The minimum atomic E-state index is -0.0557. The molecule has 6 heteroatoms. The van der Waals surface area contributed by atoms with Crippen molar-refractivity contribution in [2.24, 2.45) is 0 Å². The minimum absolute atomic E-state index is 0.0557. The van der Waals surface area contributed by atoms with Crippen LogP contribution in [0.4, 0.5) is 5.69 Å². The zero-order valence-corrected chi connectivity index (χ0v) is 17.1. The zero-order chi connectivity index (χ0) is 21.2. The van der Waals surface area contributed by atoms with Crippen LogP contribution in [0.1, 0.15) is 16.8 Å². The van der Waals surface area contributed by atoms with Crippen molar-refractivity contribution in [3.8, 4) is 5.75 Å². The standard InChI is InChI=1S/C25H22N4O2/c1-17-5-10-22-18(14-26-23(22)12-17)13-25(30)28-19-6-8-21(9-7-19)31-16-20-15-29-11-3-2-4-24(29)27-20/h2-12,14-15,26H,13,16H2,1H3,(H,28,30). The predicted octanol–water partition coefficient (Wildman–Crippen LogP) is 4.88. The van der Waals surface area contributed by atoms with E-state index < -0.39 is 0 Å². The van der Waals surface area contributed by atoms with Gasteiger partial charge in [-0.15, -0.1) is 0 Å². The number of nitrogens with zero attached hydrogens (tertiary/aromatic N) is 2. The number of carbonyl (C=O) groups excluding carboxylic acids is 1. The first-order valence-corrected chi connectivity index (χ1v) is 10.2. The lowest BCUT2D eigenvalue weighted by molar-refractivity contribution is -0.115. The maximum Gasteiger partial charge on any atom is 0.228 e. The summed E-state index contributed by atoms with van der Waals surface area (Å²) in [6.07, 6.45) is 6.13. The number of benzene rings is 2. The van der Waals surface area contributed by atoms with Crippen LogP contribution in [-0.4, -0.2) is 20.3 Å². The number of hydrogen-bond donors (Lipinski definition) is 2. The molecule has 154 valence electrons. The molecule has 0 fully saturated rings. The second-order valence-corrected chi connectivity index (χ2v) is 7.60. The molecule has 5 aromatic rings. The molecule has 0 saturated heterocycles. The Bertz CT molecular complexity index is 1330. The Hall–Kier alpha value is -4.06. The van der Waals surface area contributed by atoms with Crippen molar-refractivity contribution < 1.29 is 9.53 Å². The van der Waals surface area contributed by atoms with Crippen LogP contribution < -0.4 is 10.1 Å². The quantitative estimate of drug-likeness (QED) is 0.419. The Balaban J connectivity index is 1.19. The van der Waals surface area contributed by atoms with Crippen LogP contribution in [0.15, 0.2) is 79.3 Å². The highest BCUT2D eigenvalue weighted by Crippen LogP contribution is 2.21. The Morgan fingerprint density at radius 2 is 2.00 bits per heavy atom. The first kappa shape index (κ1) is 18.9. The molecule has 5 rings (SSSR count). The third-order valence-corrected chi connectivity index (χ3v) is 5.21. The molecule has 0 radical (unpaired) electrons. The number of aromatic nitrogens is 3. The number of fused-ring (bicyclic) bond motifs is 2. The normalized spacial score (nSPS) is 11.1. The number of aromatic amines is 1. The van der Waals surface area contributed by atoms with Crippen molar-refractivity contribution in [2.75, 3.05) is 5.32 Å². The van der Waals surface area contributed by atoms with E-state index >= 15 is 0 Å². The molecule has 0 aliphatic carbocycles. The van der Waals surface area contributed by atoms with Crippen LogP contribution in [0.25, 0.3) is 16.6 Å². The minimum Gasteiger partial charge on any atom is -0.487 e. The molecule has 0 unspecified atom stereocenters. The average molecular weight is 410 g/mol. The highest BCUT2D eigenvalue weighted by atomic mass is 16.5. The number of nitrogens with one attached hydrogen (secondary N) is 2. The van der Waals surface area contributed by atoms with Crippen molar-refractivity contribution in [1.82, 2.24) is 14.4 Å². The summed E-state index contributed by atoms with van der Waals surface area (Å²) in [6.45, 7) is 2.44. The van der Waals surface area contributed by atoms with Gasteiger partial charge in [0, 0.05) is 35.2 Å². The van der Waals surface area contributed by atoms with Crippen LogP contribution in [0.2, 0.25) is 0 Å². The number of amides is 1. The highest BCUT2D eigenvalue weighted by Gasteiger charge is 2.10. The molecule has 0 saturated carbocycles. The number of aryl methyl sites for hydroxylation is 1. The maximum atomic E-state index is 12.5. The van der Waals surface area contributed by atoms with E-state index in [2.05, 4.69) is 40.4 Å². The summed E-state index contributed by atoms with van der Waals surface area (Å²) in [5.41, 5.74) is 5.71. The van der Waals surface area contributed by atoms with Gasteiger partial charge in [0.05, 0.1) is 12.1 Å². The summed E-state index contributed by atoms with van der Waals surface area (Å²) < 4.78 is 7.80. The lowest BCUT2D eigenvalue weighted by atomic mass is 10.1. The van der Waals surface area contributed by atoms with Crippen LogP contribution in [-0.2, 0) is 17.8 Å². The molecule has 3 heterocycles. The molecule has 3 aromatic heterocycles. The Morgan fingerprint density at radius 3 is 2.84 bits per heavy atom. The number of pyridine rings is 1. The average Bonchev–Trinajstić information content (AvgIpc) is 3.36. The van der Waals surface area contributed by atoms with Gasteiger partial charge >= 0.3 is 0 Å². The third-order valence-electron chi connectivity index (χ3n) is 5.21. The molecular weight excluding hydrogens is 388 g/mol. The Labute approximate surface area is 179 Å². The smallest absolute Gasteiger partial charge is 0.228 e. The largest absolute Gasteiger partial charge is 0.487 e. The molecule has 6 nitrogen and oxygen atoms in total. The van der Waals surface area contributed by atoms with E-state index in [1.807, 2.05) is 65.5 Å². The fraction of sp³-hybridized carbons (Fsp3) is 0.120. The van der Waals surface area contributed by atoms with Gasteiger partial charge in [0.2, 0.25) is 5.91 Å². The molecule has 2 aromatic carbocycles. The fourth-order valence-electron chi connectivity index (χ4n) is 3.67. The van der Waals surface area contributed by atoms with Gasteiger partial charge in [0.25, 0.3) is 0 Å².